The number of nitrogens with zero attached hydrogens (tertiary/aromatic N) is 1. The molecule has 2 saturated heterocycles. The van der Waals surface area contributed by atoms with Crippen molar-refractivity contribution in [1.82, 2.24) is 4.90 Å². The maximum atomic E-state index is 12.8. The third-order valence-corrected chi connectivity index (χ3v) is 4.96. The summed E-state index contributed by atoms with van der Waals surface area (Å²) in [6.07, 6.45) is 2.02. The van der Waals surface area contributed by atoms with Crippen LogP contribution in [-0.4, -0.2) is 34.6 Å². The van der Waals surface area contributed by atoms with E-state index in [1.165, 1.54) is 0 Å². The Balaban J connectivity index is 1.76. The largest absolute Gasteiger partial charge is 0.459 e. The first-order chi connectivity index (χ1) is 12.3. The van der Waals surface area contributed by atoms with Gasteiger partial charge in [-0.2, -0.15) is 0 Å². The highest BCUT2D eigenvalue weighted by atomic mass is 16.6. The Bertz CT molecular complexity index is 692. The Hall–Kier alpha value is -2.30. The van der Waals surface area contributed by atoms with Crippen molar-refractivity contribution in [1.29, 1.82) is 0 Å². The molecule has 5 nitrogen and oxygen atoms in total. The van der Waals surface area contributed by atoms with Crippen molar-refractivity contribution >= 4 is 12.1 Å². The SMILES string of the molecule is C=C1C[C@H]2CC[C@@H]1N(C(=O)OC(C)(C)C)[C@@H]2C(=O)OCc1ccccc1. The first kappa shape index (κ1) is 18.5. The summed E-state index contributed by atoms with van der Waals surface area (Å²) in [5.41, 5.74) is 1.31. The Morgan fingerprint density at radius 3 is 2.50 bits per heavy atom. The van der Waals surface area contributed by atoms with Crippen molar-refractivity contribution in [3.63, 3.8) is 0 Å². The van der Waals surface area contributed by atoms with Gasteiger partial charge in [0, 0.05) is 0 Å². The molecule has 1 aliphatic carbocycles. The molecular weight excluding hydrogens is 330 g/mol. The monoisotopic (exact) mass is 357 g/mol. The summed E-state index contributed by atoms with van der Waals surface area (Å²) in [4.78, 5) is 27.2. The van der Waals surface area contributed by atoms with Gasteiger partial charge in [0.15, 0.2) is 0 Å². The highest BCUT2D eigenvalue weighted by Gasteiger charge is 2.51. The van der Waals surface area contributed by atoms with Crippen LogP contribution in [0.4, 0.5) is 4.79 Å². The molecule has 5 heteroatoms. The number of piperidine rings is 2. The molecule has 1 saturated carbocycles. The average molecular weight is 357 g/mol. The molecular formula is C21H27NO4. The van der Waals surface area contributed by atoms with Crippen molar-refractivity contribution in [3.8, 4) is 0 Å². The summed E-state index contributed by atoms with van der Waals surface area (Å²) < 4.78 is 11.1. The molecule has 1 aromatic carbocycles. The van der Waals surface area contributed by atoms with Crippen LogP contribution in [0.25, 0.3) is 0 Å². The summed E-state index contributed by atoms with van der Waals surface area (Å²) in [5, 5.41) is 0. The summed E-state index contributed by atoms with van der Waals surface area (Å²) in [6, 6.07) is 8.80. The molecule has 1 amide bonds. The zero-order valence-electron chi connectivity index (χ0n) is 15.7. The van der Waals surface area contributed by atoms with Gasteiger partial charge in [-0.3, -0.25) is 4.90 Å². The third-order valence-electron chi connectivity index (χ3n) is 4.96. The highest BCUT2D eigenvalue weighted by Crippen LogP contribution is 2.43. The number of fused-ring (bicyclic) bond motifs is 3. The van der Waals surface area contributed by atoms with E-state index in [9.17, 15) is 9.59 Å². The summed E-state index contributed by atoms with van der Waals surface area (Å²) >= 11 is 0. The number of carbonyl (C=O) groups excluding carboxylic acids is 2. The second-order valence-electron chi connectivity index (χ2n) is 8.14. The van der Waals surface area contributed by atoms with Crippen molar-refractivity contribution in [2.45, 2.75) is 64.3 Å². The van der Waals surface area contributed by atoms with Crippen LogP contribution in [0, 0.1) is 5.92 Å². The van der Waals surface area contributed by atoms with Crippen molar-refractivity contribution in [2.24, 2.45) is 5.92 Å². The summed E-state index contributed by atoms with van der Waals surface area (Å²) in [6.45, 7) is 9.79. The van der Waals surface area contributed by atoms with Crippen LogP contribution in [0.2, 0.25) is 0 Å². The van der Waals surface area contributed by atoms with Crippen LogP contribution in [-0.2, 0) is 20.9 Å². The van der Waals surface area contributed by atoms with E-state index in [0.717, 1.165) is 30.4 Å². The number of ether oxygens (including phenoxy) is 2. The zero-order valence-corrected chi connectivity index (χ0v) is 15.7. The molecule has 1 aromatic rings. The molecule has 0 unspecified atom stereocenters. The molecule has 0 aromatic heterocycles. The molecule has 140 valence electrons. The van der Waals surface area contributed by atoms with Crippen LogP contribution in [0.3, 0.4) is 0 Å². The van der Waals surface area contributed by atoms with Gasteiger partial charge < -0.3 is 9.47 Å². The van der Waals surface area contributed by atoms with Crippen molar-refractivity contribution in [2.75, 3.05) is 0 Å². The van der Waals surface area contributed by atoms with Gasteiger partial charge in [0.25, 0.3) is 0 Å². The molecule has 2 aliphatic heterocycles. The van der Waals surface area contributed by atoms with Gasteiger partial charge in [0.1, 0.15) is 18.2 Å². The molecule has 0 spiro atoms. The number of hydrogen-bond acceptors (Lipinski definition) is 4. The molecule has 26 heavy (non-hydrogen) atoms. The Labute approximate surface area is 155 Å². The standard InChI is InChI=1S/C21H27NO4/c1-14-12-16-10-11-17(14)22(20(24)26-21(2,3)4)18(16)19(23)25-13-15-8-6-5-7-9-15/h5-9,16-18H,1,10-13H2,2-4H3/t16-,17+,18+/m1/s1. The van der Waals surface area contributed by atoms with Gasteiger partial charge in [-0.15, -0.1) is 0 Å². The van der Waals surface area contributed by atoms with Crippen LogP contribution in [0.5, 0.6) is 0 Å². The molecule has 0 N–H and O–H groups in total. The topological polar surface area (TPSA) is 55.8 Å². The zero-order chi connectivity index (χ0) is 18.9. The molecule has 4 rings (SSSR count). The number of carbonyl (C=O) groups is 2. The molecule has 3 atom stereocenters. The molecule has 3 aliphatic rings. The number of amides is 1. The first-order valence-corrected chi connectivity index (χ1v) is 9.16. The fourth-order valence-electron chi connectivity index (χ4n) is 3.85. The maximum absolute atomic E-state index is 12.8. The molecule has 2 bridgehead atoms. The predicted octanol–water partition coefficient (Wildman–Crippen LogP) is 4.07. The minimum Gasteiger partial charge on any atom is -0.459 e. The minimum absolute atomic E-state index is 0.0447. The van der Waals surface area contributed by atoms with Gasteiger partial charge in [0.05, 0.1) is 6.04 Å². The van der Waals surface area contributed by atoms with Crippen molar-refractivity contribution in [3.05, 3.63) is 48.0 Å². The number of benzene rings is 1. The van der Waals surface area contributed by atoms with E-state index in [1.54, 1.807) is 4.90 Å². The van der Waals surface area contributed by atoms with E-state index in [1.807, 2.05) is 51.1 Å². The van der Waals surface area contributed by atoms with Gasteiger partial charge in [-0.25, -0.2) is 9.59 Å². The summed E-state index contributed by atoms with van der Waals surface area (Å²) in [5.74, 6) is -0.315. The third kappa shape index (κ3) is 3.92. The Morgan fingerprint density at radius 1 is 1.19 bits per heavy atom. The number of esters is 1. The Kier molecular flexibility index (Phi) is 5.08. The minimum atomic E-state index is -0.617. The second kappa shape index (κ2) is 7.14. The highest BCUT2D eigenvalue weighted by molar-refractivity contribution is 5.83. The quantitative estimate of drug-likeness (QED) is 0.604. The van der Waals surface area contributed by atoms with Gasteiger partial charge >= 0.3 is 12.1 Å². The van der Waals surface area contributed by atoms with Crippen LogP contribution < -0.4 is 0 Å². The first-order valence-electron chi connectivity index (χ1n) is 9.16. The smallest absolute Gasteiger partial charge is 0.411 e. The predicted molar refractivity (Wildman–Crippen MR) is 98.4 cm³/mol. The molecule has 2 heterocycles. The van der Waals surface area contributed by atoms with E-state index >= 15 is 0 Å². The lowest BCUT2D eigenvalue weighted by molar-refractivity contribution is -0.158. The lowest BCUT2D eigenvalue weighted by Gasteiger charge is -2.50. The van der Waals surface area contributed by atoms with Crippen LogP contribution in [0.1, 0.15) is 45.6 Å². The van der Waals surface area contributed by atoms with Gasteiger partial charge in [-0.05, 0) is 51.5 Å². The fraction of sp³-hybridized carbons (Fsp3) is 0.524. The lowest BCUT2D eigenvalue weighted by Crippen LogP contribution is -2.62. The van der Waals surface area contributed by atoms with E-state index in [2.05, 4.69) is 6.58 Å². The lowest BCUT2D eigenvalue weighted by atomic mass is 9.72. The Morgan fingerprint density at radius 2 is 1.88 bits per heavy atom. The van der Waals surface area contributed by atoms with Crippen LogP contribution >= 0.6 is 0 Å². The van der Waals surface area contributed by atoms with Gasteiger partial charge in [-0.1, -0.05) is 42.5 Å². The average Bonchev–Trinajstić information content (AvgIpc) is 2.58. The molecule has 0 radical (unpaired) electrons. The fourth-order valence-corrected chi connectivity index (χ4v) is 3.85. The summed E-state index contributed by atoms with van der Waals surface area (Å²) in [7, 11) is 0. The van der Waals surface area contributed by atoms with Crippen LogP contribution in [0.15, 0.2) is 42.5 Å². The number of rotatable bonds is 3. The van der Waals surface area contributed by atoms with Gasteiger partial charge in [0.2, 0.25) is 0 Å². The number of hydrogen-bond donors (Lipinski definition) is 0. The maximum Gasteiger partial charge on any atom is 0.411 e. The van der Waals surface area contributed by atoms with Crippen molar-refractivity contribution < 1.29 is 19.1 Å². The normalized spacial score (nSPS) is 25.1. The van der Waals surface area contributed by atoms with E-state index in [-0.39, 0.29) is 24.5 Å². The van der Waals surface area contributed by atoms with E-state index in [4.69, 9.17) is 9.47 Å². The second-order valence-corrected chi connectivity index (χ2v) is 8.14. The van der Waals surface area contributed by atoms with E-state index in [0.29, 0.717) is 0 Å². The molecule has 3 fully saturated rings. The van der Waals surface area contributed by atoms with E-state index < -0.39 is 17.7 Å².